The Morgan fingerprint density at radius 3 is 2.94 bits per heavy atom. The second-order valence-corrected chi connectivity index (χ2v) is 3.91. The van der Waals surface area contributed by atoms with E-state index in [0.29, 0.717) is 24.6 Å². The molecule has 0 radical (unpaired) electrons. The van der Waals surface area contributed by atoms with E-state index >= 15 is 0 Å². The predicted octanol–water partition coefficient (Wildman–Crippen LogP) is 2.01. The predicted molar refractivity (Wildman–Crippen MR) is 64.9 cm³/mol. The monoisotopic (exact) mass is 233 g/mol. The number of benzene rings is 1. The van der Waals surface area contributed by atoms with Gasteiger partial charge in [-0.05, 0) is 30.7 Å². The molecule has 4 heteroatoms. The molecule has 0 spiro atoms. The van der Waals surface area contributed by atoms with Crippen LogP contribution < -0.4 is 4.74 Å². The smallest absolute Gasteiger partial charge is 0.191 e. The lowest BCUT2D eigenvalue weighted by atomic mass is 10.1. The van der Waals surface area contributed by atoms with E-state index in [-0.39, 0.29) is 12.2 Å². The van der Waals surface area contributed by atoms with Crippen molar-refractivity contribution in [1.29, 1.82) is 0 Å². The van der Waals surface area contributed by atoms with Crippen LogP contribution in [-0.4, -0.2) is 31.9 Å². The summed E-state index contributed by atoms with van der Waals surface area (Å²) in [5.74, 6) is 1.36. The number of Topliss-reactive ketones (excluding diaryl/α,β-unsaturated/α-hetero) is 1. The van der Waals surface area contributed by atoms with Gasteiger partial charge in [-0.2, -0.15) is 0 Å². The van der Waals surface area contributed by atoms with E-state index in [1.54, 1.807) is 19.2 Å². The van der Waals surface area contributed by atoms with E-state index in [4.69, 9.17) is 9.47 Å². The lowest BCUT2D eigenvalue weighted by Gasteiger charge is -2.06. The van der Waals surface area contributed by atoms with Gasteiger partial charge in [0.15, 0.2) is 11.7 Å². The highest BCUT2D eigenvalue weighted by Gasteiger charge is 2.15. The fraction of sp³-hybridized carbons (Fsp3) is 0.385. The Morgan fingerprint density at radius 2 is 2.35 bits per heavy atom. The normalized spacial score (nSPS) is 14.1. The van der Waals surface area contributed by atoms with E-state index in [1.807, 2.05) is 13.0 Å². The Balaban J connectivity index is 2.11. The minimum atomic E-state index is 0.0244. The minimum Gasteiger partial charge on any atom is -0.496 e. The number of carbonyl (C=O) groups excluding carboxylic acids is 1. The van der Waals surface area contributed by atoms with Gasteiger partial charge in [0, 0.05) is 5.56 Å². The summed E-state index contributed by atoms with van der Waals surface area (Å²) in [5, 5.41) is 0. The first-order valence-corrected chi connectivity index (χ1v) is 5.54. The first-order valence-electron chi connectivity index (χ1n) is 5.54. The minimum absolute atomic E-state index is 0.0244. The van der Waals surface area contributed by atoms with Gasteiger partial charge < -0.3 is 9.47 Å². The Kier molecular flexibility index (Phi) is 3.42. The molecule has 0 fully saturated rings. The van der Waals surface area contributed by atoms with Crippen molar-refractivity contribution in [3.8, 4) is 5.75 Å². The van der Waals surface area contributed by atoms with E-state index < -0.39 is 0 Å². The highest BCUT2D eigenvalue weighted by atomic mass is 16.5. The Bertz CT molecular complexity index is 466. The quantitative estimate of drug-likeness (QED) is 0.747. The van der Waals surface area contributed by atoms with Crippen molar-refractivity contribution in [3.63, 3.8) is 0 Å². The Hall–Kier alpha value is -1.84. The summed E-state index contributed by atoms with van der Waals surface area (Å²) in [6.45, 7) is 3.16. The zero-order valence-corrected chi connectivity index (χ0v) is 10.0. The number of methoxy groups -OCH3 is 1. The van der Waals surface area contributed by atoms with Crippen LogP contribution >= 0.6 is 0 Å². The van der Waals surface area contributed by atoms with Crippen LogP contribution in [0.4, 0.5) is 0 Å². The second-order valence-electron chi connectivity index (χ2n) is 3.91. The average molecular weight is 233 g/mol. The molecule has 0 amide bonds. The fourth-order valence-electron chi connectivity index (χ4n) is 1.78. The molecule has 1 aliphatic heterocycles. The number of hydrogen-bond acceptors (Lipinski definition) is 4. The van der Waals surface area contributed by atoms with Crippen LogP contribution in [0.1, 0.15) is 22.3 Å². The second kappa shape index (κ2) is 4.99. The van der Waals surface area contributed by atoms with Gasteiger partial charge in [0.2, 0.25) is 0 Å². The number of carbonyl (C=O) groups is 1. The molecule has 1 aromatic rings. The molecule has 0 bridgehead atoms. The van der Waals surface area contributed by atoms with Crippen molar-refractivity contribution < 1.29 is 14.3 Å². The number of hydrogen-bond donors (Lipinski definition) is 0. The summed E-state index contributed by atoms with van der Waals surface area (Å²) < 4.78 is 10.4. The van der Waals surface area contributed by atoms with Crippen molar-refractivity contribution in [2.24, 2.45) is 4.99 Å². The molecule has 0 unspecified atom stereocenters. The summed E-state index contributed by atoms with van der Waals surface area (Å²) in [7, 11) is 1.62. The third-order valence-corrected chi connectivity index (χ3v) is 2.68. The molecule has 17 heavy (non-hydrogen) atoms. The van der Waals surface area contributed by atoms with E-state index in [1.165, 1.54) is 0 Å². The van der Waals surface area contributed by atoms with Crippen LogP contribution in [0, 0.1) is 6.92 Å². The van der Waals surface area contributed by atoms with Gasteiger partial charge in [-0.1, -0.05) is 0 Å². The molecule has 0 aromatic heterocycles. The van der Waals surface area contributed by atoms with Crippen molar-refractivity contribution in [3.05, 3.63) is 29.3 Å². The van der Waals surface area contributed by atoms with Crippen molar-refractivity contribution in [2.45, 2.75) is 13.3 Å². The number of nitrogens with zero attached hydrogens (tertiary/aromatic N) is 1. The third kappa shape index (κ3) is 2.64. The lowest BCUT2D eigenvalue weighted by molar-refractivity contribution is 0.0994. The first-order chi connectivity index (χ1) is 8.20. The molecule has 90 valence electrons. The third-order valence-electron chi connectivity index (χ3n) is 2.68. The van der Waals surface area contributed by atoms with Crippen LogP contribution in [-0.2, 0) is 4.74 Å². The number of aliphatic imine (C=N–C) groups is 1. The largest absolute Gasteiger partial charge is 0.496 e. The van der Waals surface area contributed by atoms with Crippen molar-refractivity contribution >= 4 is 11.7 Å². The fourth-order valence-corrected chi connectivity index (χ4v) is 1.78. The topological polar surface area (TPSA) is 47.9 Å². The molecule has 1 heterocycles. The average Bonchev–Trinajstić information content (AvgIpc) is 2.81. The van der Waals surface area contributed by atoms with Crippen LogP contribution in [0.2, 0.25) is 0 Å². The van der Waals surface area contributed by atoms with E-state index in [2.05, 4.69) is 4.99 Å². The zero-order chi connectivity index (χ0) is 12.3. The van der Waals surface area contributed by atoms with Crippen molar-refractivity contribution in [1.82, 2.24) is 0 Å². The standard InChI is InChI=1S/C13H15NO3/c1-9-7-10(3-4-12(9)16-2)11(15)8-13-14-5-6-17-13/h3-4,7H,5-6,8H2,1-2H3. The number of rotatable bonds is 4. The lowest BCUT2D eigenvalue weighted by Crippen LogP contribution is -2.08. The maximum absolute atomic E-state index is 12.0. The van der Waals surface area contributed by atoms with Gasteiger partial charge in [-0.15, -0.1) is 0 Å². The molecule has 0 atom stereocenters. The Morgan fingerprint density at radius 1 is 1.53 bits per heavy atom. The molecular formula is C13H15NO3. The molecular weight excluding hydrogens is 218 g/mol. The van der Waals surface area contributed by atoms with Gasteiger partial charge in [-0.3, -0.25) is 9.79 Å². The van der Waals surface area contributed by atoms with E-state index in [0.717, 1.165) is 11.3 Å². The van der Waals surface area contributed by atoms with Crippen LogP contribution in [0.3, 0.4) is 0 Å². The zero-order valence-electron chi connectivity index (χ0n) is 10.0. The maximum atomic E-state index is 12.0. The number of aryl methyl sites for hydroxylation is 1. The molecule has 1 aliphatic rings. The SMILES string of the molecule is COc1ccc(C(=O)CC2=NCCO2)cc1C. The molecule has 1 aromatic carbocycles. The summed E-state index contributed by atoms with van der Waals surface area (Å²) >= 11 is 0. The van der Waals surface area contributed by atoms with E-state index in [9.17, 15) is 4.79 Å². The van der Waals surface area contributed by atoms with Gasteiger partial charge >= 0.3 is 0 Å². The molecule has 0 saturated carbocycles. The first kappa shape index (κ1) is 11.6. The summed E-state index contributed by atoms with van der Waals surface area (Å²) in [5.41, 5.74) is 1.62. The number of ketones is 1. The van der Waals surface area contributed by atoms with Crippen molar-refractivity contribution in [2.75, 3.05) is 20.3 Å². The molecule has 0 N–H and O–H groups in total. The van der Waals surface area contributed by atoms with Gasteiger partial charge in [-0.25, -0.2) is 0 Å². The molecule has 4 nitrogen and oxygen atoms in total. The summed E-state index contributed by atoms with van der Waals surface area (Å²) in [6.07, 6.45) is 0.242. The Labute approximate surface area is 100 Å². The van der Waals surface area contributed by atoms with Crippen LogP contribution in [0.25, 0.3) is 0 Å². The van der Waals surface area contributed by atoms with Crippen LogP contribution in [0.5, 0.6) is 5.75 Å². The summed E-state index contributed by atoms with van der Waals surface area (Å²) in [4.78, 5) is 16.1. The van der Waals surface area contributed by atoms with Crippen LogP contribution in [0.15, 0.2) is 23.2 Å². The molecule has 0 aliphatic carbocycles. The van der Waals surface area contributed by atoms with Gasteiger partial charge in [0.25, 0.3) is 0 Å². The highest BCUT2D eigenvalue weighted by Crippen LogP contribution is 2.19. The molecule has 2 rings (SSSR count). The van der Waals surface area contributed by atoms with Gasteiger partial charge in [0.05, 0.1) is 20.1 Å². The summed E-state index contributed by atoms with van der Waals surface area (Å²) in [6, 6.07) is 5.40. The highest BCUT2D eigenvalue weighted by molar-refractivity contribution is 6.07. The maximum Gasteiger partial charge on any atom is 0.191 e. The van der Waals surface area contributed by atoms with Gasteiger partial charge in [0.1, 0.15) is 12.4 Å². The molecule has 0 saturated heterocycles. The number of ether oxygens (including phenoxy) is 2.